The van der Waals surface area contributed by atoms with Gasteiger partial charge < -0.3 is 9.47 Å². The van der Waals surface area contributed by atoms with Crippen LogP contribution in [0.2, 0.25) is 5.02 Å². The number of ether oxygens (including phenoxy) is 2. The predicted molar refractivity (Wildman–Crippen MR) is 98.7 cm³/mol. The van der Waals surface area contributed by atoms with Crippen LogP contribution in [-0.2, 0) is 9.59 Å². The van der Waals surface area contributed by atoms with E-state index in [-0.39, 0.29) is 35.5 Å². The summed E-state index contributed by atoms with van der Waals surface area (Å²) in [6.45, 7) is 0. The molecule has 3 fully saturated rings. The van der Waals surface area contributed by atoms with E-state index >= 15 is 0 Å². The number of allylic oxidation sites excluding steroid dienone is 2. The van der Waals surface area contributed by atoms with Crippen molar-refractivity contribution in [2.45, 2.75) is 6.42 Å². The summed E-state index contributed by atoms with van der Waals surface area (Å²) in [6, 6.07) is 3.29. The summed E-state index contributed by atoms with van der Waals surface area (Å²) in [5, 5.41) is 5.67. The molecule has 5 aliphatic rings. The first-order valence-electron chi connectivity index (χ1n) is 9.06. The van der Waals surface area contributed by atoms with Gasteiger partial charge in [0, 0.05) is 11.6 Å². The first-order valence-corrected chi connectivity index (χ1v) is 9.44. The lowest BCUT2D eigenvalue weighted by Crippen LogP contribution is -2.40. The number of amides is 2. The van der Waals surface area contributed by atoms with Gasteiger partial charge in [0.25, 0.3) is 11.8 Å². The number of rotatable bonds is 4. The van der Waals surface area contributed by atoms with Crippen molar-refractivity contribution in [3.8, 4) is 11.5 Å². The van der Waals surface area contributed by atoms with Crippen LogP contribution < -0.4 is 9.47 Å². The van der Waals surface area contributed by atoms with Gasteiger partial charge in [0.2, 0.25) is 0 Å². The first-order chi connectivity index (χ1) is 13.0. The monoisotopic (exact) mass is 386 g/mol. The largest absolute Gasteiger partial charge is 0.496 e. The molecule has 0 unspecified atom stereocenters. The second kappa shape index (κ2) is 5.83. The lowest BCUT2D eigenvalue weighted by molar-refractivity contribution is -0.140. The Morgan fingerprint density at radius 1 is 1.04 bits per heavy atom. The third-order valence-corrected chi connectivity index (χ3v) is 6.75. The zero-order valence-corrected chi connectivity index (χ0v) is 15.7. The maximum absolute atomic E-state index is 12.9. The molecule has 1 aromatic rings. The van der Waals surface area contributed by atoms with Gasteiger partial charge in [0.15, 0.2) is 0 Å². The summed E-state index contributed by atoms with van der Waals surface area (Å²) in [5.41, 5.74) is 0.572. The maximum atomic E-state index is 12.9. The molecule has 1 aliphatic heterocycles. The lowest BCUT2D eigenvalue weighted by Gasteiger charge is -2.37. The molecule has 2 bridgehead atoms. The van der Waals surface area contributed by atoms with Crippen LogP contribution in [0.15, 0.2) is 29.4 Å². The molecule has 7 heteroatoms. The fraction of sp³-hybridized carbons (Fsp3) is 0.450. The van der Waals surface area contributed by atoms with E-state index in [9.17, 15) is 9.59 Å². The van der Waals surface area contributed by atoms with Gasteiger partial charge in [-0.1, -0.05) is 23.8 Å². The molecule has 2 saturated carbocycles. The summed E-state index contributed by atoms with van der Waals surface area (Å²) >= 11 is 6.18. The van der Waals surface area contributed by atoms with E-state index in [4.69, 9.17) is 21.1 Å². The van der Waals surface area contributed by atoms with Gasteiger partial charge in [-0.15, -0.1) is 0 Å². The van der Waals surface area contributed by atoms with Crippen molar-refractivity contribution in [3.63, 3.8) is 0 Å². The number of methoxy groups -OCH3 is 2. The highest BCUT2D eigenvalue weighted by Gasteiger charge is 2.67. The minimum Gasteiger partial charge on any atom is -0.496 e. The molecule has 0 N–H and O–H groups in total. The Morgan fingerprint density at radius 2 is 1.63 bits per heavy atom. The van der Waals surface area contributed by atoms with Gasteiger partial charge in [0.1, 0.15) is 11.5 Å². The molecular formula is C20H19ClN2O4. The number of halogens is 1. The summed E-state index contributed by atoms with van der Waals surface area (Å²) in [4.78, 5) is 25.9. The number of imide groups is 1. The van der Waals surface area contributed by atoms with E-state index in [0.717, 1.165) is 11.4 Å². The number of nitrogens with zero attached hydrogens (tertiary/aromatic N) is 2. The number of hydrogen-bond donors (Lipinski definition) is 0. The molecule has 6 atom stereocenters. The SMILES string of the molecule is COc1cc(OC)c(/C=N\N2C(=O)[C@@H]3[C@H]4C=C[C@@H]([C@@H]5C[C@H]45)[C@H]3C2=O)cc1Cl. The van der Waals surface area contributed by atoms with E-state index in [1.165, 1.54) is 20.4 Å². The van der Waals surface area contributed by atoms with Crippen molar-refractivity contribution in [2.75, 3.05) is 14.2 Å². The molecule has 0 spiro atoms. The van der Waals surface area contributed by atoms with E-state index in [1.54, 1.807) is 12.1 Å². The topological polar surface area (TPSA) is 68.2 Å². The van der Waals surface area contributed by atoms with Crippen LogP contribution in [0.4, 0.5) is 0 Å². The Morgan fingerprint density at radius 3 is 2.19 bits per heavy atom. The normalized spacial score (nSPS) is 35.6. The molecule has 0 aromatic heterocycles. The van der Waals surface area contributed by atoms with Crippen LogP contribution in [0.25, 0.3) is 0 Å². The highest BCUT2D eigenvalue weighted by molar-refractivity contribution is 6.32. The molecule has 140 valence electrons. The number of carbonyl (C=O) groups excluding carboxylic acids is 2. The molecule has 0 radical (unpaired) electrons. The van der Waals surface area contributed by atoms with Crippen LogP contribution in [0.3, 0.4) is 0 Å². The third kappa shape index (κ3) is 2.29. The minimum atomic E-state index is -0.255. The molecular weight excluding hydrogens is 368 g/mol. The molecule has 4 aliphatic carbocycles. The predicted octanol–water partition coefficient (Wildman–Crippen LogP) is 2.74. The third-order valence-electron chi connectivity index (χ3n) is 6.46. The van der Waals surface area contributed by atoms with E-state index in [0.29, 0.717) is 33.9 Å². The average Bonchev–Trinajstić information content (AvgIpc) is 3.45. The Labute approximate surface area is 161 Å². The van der Waals surface area contributed by atoms with E-state index in [2.05, 4.69) is 17.3 Å². The van der Waals surface area contributed by atoms with Crippen molar-refractivity contribution in [2.24, 2.45) is 40.6 Å². The fourth-order valence-corrected chi connectivity index (χ4v) is 5.41. The average molecular weight is 387 g/mol. The number of benzene rings is 1. The van der Waals surface area contributed by atoms with Crippen LogP contribution in [0.1, 0.15) is 12.0 Å². The number of hydrazone groups is 1. The maximum Gasteiger partial charge on any atom is 0.254 e. The number of carbonyl (C=O) groups is 2. The highest BCUT2D eigenvalue weighted by Crippen LogP contribution is 2.65. The summed E-state index contributed by atoms with van der Waals surface area (Å²) in [6.07, 6.45) is 6.88. The van der Waals surface area contributed by atoms with Gasteiger partial charge in [-0.05, 0) is 36.2 Å². The Kier molecular flexibility index (Phi) is 3.63. The Balaban J connectivity index is 1.45. The summed E-state index contributed by atoms with van der Waals surface area (Å²) in [5.74, 6) is 1.60. The quantitative estimate of drug-likeness (QED) is 0.453. The molecule has 27 heavy (non-hydrogen) atoms. The zero-order valence-electron chi connectivity index (χ0n) is 15.0. The molecule has 2 amide bonds. The van der Waals surface area contributed by atoms with Crippen LogP contribution in [0, 0.1) is 35.5 Å². The van der Waals surface area contributed by atoms with Crippen molar-refractivity contribution in [1.29, 1.82) is 0 Å². The molecule has 1 saturated heterocycles. The zero-order chi connectivity index (χ0) is 18.9. The van der Waals surface area contributed by atoms with Gasteiger partial charge in [-0.2, -0.15) is 10.1 Å². The van der Waals surface area contributed by atoms with Crippen molar-refractivity contribution < 1.29 is 19.1 Å². The second-order valence-corrected chi connectivity index (χ2v) is 8.02. The fourth-order valence-electron chi connectivity index (χ4n) is 5.16. The van der Waals surface area contributed by atoms with Crippen LogP contribution in [-0.4, -0.2) is 37.3 Å². The van der Waals surface area contributed by atoms with Gasteiger partial charge in [-0.25, -0.2) is 0 Å². The van der Waals surface area contributed by atoms with Gasteiger partial charge in [-0.3, -0.25) is 9.59 Å². The van der Waals surface area contributed by atoms with Crippen LogP contribution in [0.5, 0.6) is 11.5 Å². The Hall–Kier alpha value is -2.34. The van der Waals surface area contributed by atoms with Crippen molar-refractivity contribution in [1.82, 2.24) is 5.01 Å². The number of hydrogen-bond acceptors (Lipinski definition) is 5. The molecule has 1 heterocycles. The summed E-state index contributed by atoms with van der Waals surface area (Å²) < 4.78 is 10.5. The van der Waals surface area contributed by atoms with E-state index in [1.807, 2.05) is 0 Å². The Bertz CT molecular complexity index is 875. The second-order valence-electron chi connectivity index (χ2n) is 7.62. The van der Waals surface area contributed by atoms with Crippen molar-refractivity contribution >= 4 is 29.6 Å². The van der Waals surface area contributed by atoms with Gasteiger partial charge >= 0.3 is 0 Å². The smallest absolute Gasteiger partial charge is 0.254 e. The molecule has 6 rings (SSSR count). The highest BCUT2D eigenvalue weighted by atomic mass is 35.5. The van der Waals surface area contributed by atoms with Gasteiger partial charge in [0.05, 0.1) is 37.3 Å². The van der Waals surface area contributed by atoms with Crippen LogP contribution >= 0.6 is 11.6 Å². The first kappa shape index (κ1) is 16.8. The lowest BCUT2D eigenvalue weighted by atomic mass is 9.63. The standard InChI is InChI=1S/C20H19ClN2O4/c1-26-15-7-16(27-2)14(21)5-9(15)8-22-23-19(24)17-10-3-4-11(13-6-12(10)13)18(17)20(23)25/h3-5,7-8,10-13,17-18H,6H2,1-2H3/b22-8-/t10-,11-,12-,13+,17+,18+/m0/s1. The molecule has 6 nitrogen and oxygen atoms in total. The minimum absolute atomic E-state index is 0.187. The van der Waals surface area contributed by atoms with E-state index < -0.39 is 0 Å². The molecule has 1 aromatic carbocycles. The van der Waals surface area contributed by atoms with Crippen molar-refractivity contribution in [3.05, 3.63) is 34.9 Å². The summed E-state index contributed by atoms with van der Waals surface area (Å²) in [7, 11) is 3.04.